The number of nitrogens with one attached hydrogen (secondary N) is 1. The fourth-order valence-corrected chi connectivity index (χ4v) is 2.36. The number of fused-ring (bicyclic) bond motifs is 1. The van der Waals surface area contributed by atoms with Crippen LogP contribution in [0.3, 0.4) is 0 Å². The molecule has 0 aliphatic carbocycles. The molecule has 1 heterocycles. The summed E-state index contributed by atoms with van der Waals surface area (Å²) in [5.74, 6) is 0.671. The van der Waals surface area contributed by atoms with Crippen molar-refractivity contribution >= 4 is 45.8 Å². The summed E-state index contributed by atoms with van der Waals surface area (Å²) in [4.78, 5) is 7.49. The minimum Gasteiger partial charge on any atom is -0.508 e. The maximum absolute atomic E-state index is 9.52. The number of rotatable bonds is 1. The molecule has 0 fully saturated rings. The highest BCUT2D eigenvalue weighted by Gasteiger charge is 2.11. The van der Waals surface area contributed by atoms with Crippen LogP contribution in [-0.4, -0.2) is 15.1 Å². The molecule has 0 unspecified atom stereocenters. The van der Waals surface area contributed by atoms with Crippen LogP contribution >= 0.6 is 34.8 Å². The summed E-state index contributed by atoms with van der Waals surface area (Å²) in [6.07, 6.45) is 0. The number of aromatic hydroxyl groups is 1. The Morgan fingerprint density at radius 1 is 0.947 bits per heavy atom. The first-order valence-electron chi connectivity index (χ1n) is 5.38. The Labute approximate surface area is 123 Å². The molecular weight excluding hydrogens is 307 g/mol. The van der Waals surface area contributed by atoms with E-state index in [-0.39, 0.29) is 5.75 Å². The van der Waals surface area contributed by atoms with E-state index in [1.165, 1.54) is 6.07 Å². The number of nitrogens with zero attached hydrogens (tertiary/aromatic N) is 1. The Balaban J connectivity index is 2.23. The first kappa shape index (κ1) is 12.6. The van der Waals surface area contributed by atoms with Crippen LogP contribution in [-0.2, 0) is 0 Å². The van der Waals surface area contributed by atoms with E-state index < -0.39 is 0 Å². The molecule has 3 aromatic rings. The SMILES string of the molecule is Oc1ccc(Cl)c(-c2nc3cc(Cl)c(Cl)cc3[nH]2)c1. The van der Waals surface area contributed by atoms with Gasteiger partial charge in [0.15, 0.2) is 0 Å². The lowest BCUT2D eigenvalue weighted by Crippen LogP contribution is -1.81. The van der Waals surface area contributed by atoms with Gasteiger partial charge in [-0.1, -0.05) is 34.8 Å². The maximum atomic E-state index is 9.52. The molecule has 0 spiro atoms. The molecule has 0 saturated heterocycles. The predicted octanol–water partition coefficient (Wildman–Crippen LogP) is 4.90. The number of benzene rings is 2. The van der Waals surface area contributed by atoms with E-state index in [0.29, 0.717) is 32.0 Å². The van der Waals surface area contributed by atoms with Gasteiger partial charge in [-0.25, -0.2) is 4.98 Å². The van der Waals surface area contributed by atoms with Gasteiger partial charge in [-0.2, -0.15) is 0 Å². The third kappa shape index (κ3) is 2.25. The van der Waals surface area contributed by atoms with Crippen molar-refractivity contribution in [2.75, 3.05) is 0 Å². The van der Waals surface area contributed by atoms with Crippen LogP contribution in [0.15, 0.2) is 30.3 Å². The zero-order valence-electron chi connectivity index (χ0n) is 9.42. The highest BCUT2D eigenvalue weighted by molar-refractivity contribution is 6.42. The van der Waals surface area contributed by atoms with Crippen molar-refractivity contribution in [1.29, 1.82) is 0 Å². The van der Waals surface area contributed by atoms with Crippen molar-refractivity contribution in [3.63, 3.8) is 0 Å². The van der Waals surface area contributed by atoms with Gasteiger partial charge in [-0.15, -0.1) is 0 Å². The van der Waals surface area contributed by atoms with E-state index in [9.17, 15) is 5.11 Å². The molecule has 0 amide bonds. The van der Waals surface area contributed by atoms with Gasteiger partial charge in [0.2, 0.25) is 0 Å². The van der Waals surface area contributed by atoms with Crippen LogP contribution in [0.5, 0.6) is 5.75 Å². The van der Waals surface area contributed by atoms with Crippen LogP contribution in [0.2, 0.25) is 15.1 Å². The van der Waals surface area contributed by atoms with Crippen LogP contribution in [0, 0.1) is 0 Å². The van der Waals surface area contributed by atoms with Gasteiger partial charge in [0.25, 0.3) is 0 Å². The zero-order chi connectivity index (χ0) is 13.6. The Kier molecular flexibility index (Phi) is 3.05. The molecule has 2 N–H and O–H groups in total. The monoisotopic (exact) mass is 312 g/mol. The summed E-state index contributed by atoms with van der Waals surface area (Å²) < 4.78 is 0. The standard InChI is InChI=1S/C13H7Cl3N2O/c14-8-2-1-6(19)3-7(8)13-17-11-4-9(15)10(16)5-12(11)18-13/h1-5,19H,(H,17,18). The van der Waals surface area contributed by atoms with Gasteiger partial charge in [0.1, 0.15) is 11.6 Å². The molecule has 0 bridgehead atoms. The first-order chi connectivity index (χ1) is 9.04. The normalized spacial score (nSPS) is 11.1. The number of hydrogen-bond donors (Lipinski definition) is 2. The number of halogens is 3. The summed E-state index contributed by atoms with van der Waals surface area (Å²) in [7, 11) is 0. The number of hydrogen-bond acceptors (Lipinski definition) is 2. The van der Waals surface area contributed by atoms with E-state index in [0.717, 1.165) is 5.52 Å². The average Bonchev–Trinajstić information content (AvgIpc) is 2.75. The Bertz CT molecular complexity index is 744. The van der Waals surface area contributed by atoms with E-state index in [1.54, 1.807) is 24.3 Å². The summed E-state index contributed by atoms with van der Waals surface area (Å²) in [6.45, 7) is 0. The molecule has 0 aliphatic rings. The predicted molar refractivity (Wildman–Crippen MR) is 78.2 cm³/mol. The smallest absolute Gasteiger partial charge is 0.140 e. The third-order valence-electron chi connectivity index (χ3n) is 2.73. The minimum absolute atomic E-state index is 0.121. The molecule has 2 aromatic carbocycles. The van der Waals surface area contributed by atoms with Gasteiger partial charge in [0.05, 0.1) is 26.1 Å². The highest BCUT2D eigenvalue weighted by Crippen LogP contribution is 2.32. The molecule has 0 aliphatic heterocycles. The molecule has 0 radical (unpaired) electrons. The fourth-order valence-electron chi connectivity index (χ4n) is 1.83. The zero-order valence-corrected chi connectivity index (χ0v) is 11.7. The summed E-state index contributed by atoms with van der Waals surface area (Å²) in [5.41, 5.74) is 2.05. The van der Waals surface area contributed by atoms with E-state index in [1.807, 2.05) is 0 Å². The van der Waals surface area contributed by atoms with E-state index in [2.05, 4.69) is 9.97 Å². The molecule has 3 rings (SSSR count). The van der Waals surface area contributed by atoms with Crippen molar-refractivity contribution in [3.8, 4) is 17.1 Å². The van der Waals surface area contributed by atoms with Gasteiger partial charge in [-0.05, 0) is 30.3 Å². The van der Waals surface area contributed by atoms with Crippen molar-refractivity contribution in [2.24, 2.45) is 0 Å². The minimum atomic E-state index is 0.121. The molecule has 0 atom stereocenters. The topological polar surface area (TPSA) is 48.9 Å². The summed E-state index contributed by atoms with van der Waals surface area (Å²) in [6, 6.07) is 8.05. The lowest BCUT2D eigenvalue weighted by atomic mass is 10.2. The molecule has 3 nitrogen and oxygen atoms in total. The molecular formula is C13H7Cl3N2O. The molecule has 6 heteroatoms. The Morgan fingerprint density at radius 3 is 2.47 bits per heavy atom. The van der Waals surface area contributed by atoms with Crippen molar-refractivity contribution in [2.45, 2.75) is 0 Å². The number of imidazole rings is 1. The second-order valence-corrected chi connectivity index (χ2v) is 5.25. The molecule has 96 valence electrons. The first-order valence-corrected chi connectivity index (χ1v) is 6.51. The third-order valence-corrected chi connectivity index (χ3v) is 3.78. The number of aromatic amines is 1. The van der Waals surface area contributed by atoms with Crippen molar-refractivity contribution < 1.29 is 5.11 Å². The lowest BCUT2D eigenvalue weighted by molar-refractivity contribution is 0.475. The number of phenolic OH excluding ortho intramolecular Hbond substituents is 1. The highest BCUT2D eigenvalue weighted by atomic mass is 35.5. The Morgan fingerprint density at radius 2 is 1.68 bits per heavy atom. The molecule has 1 aromatic heterocycles. The van der Waals surface area contributed by atoms with Gasteiger partial charge in [-0.3, -0.25) is 0 Å². The van der Waals surface area contributed by atoms with Gasteiger partial charge in [0, 0.05) is 5.56 Å². The van der Waals surface area contributed by atoms with Crippen LogP contribution < -0.4 is 0 Å². The van der Waals surface area contributed by atoms with Crippen LogP contribution in [0.4, 0.5) is 0 Å². The van der Waals surface area contributed by atoms with E-state index in [4.69, 9.17) is 34.8 Å². The molecule has 0 saturated carbocycles. The van der Waals surface area contributed by atoms with Crippen molar-refractivity contribution in [1.82, 2.24) is 9.97 Å². The van der Waals surface area contributed by atoms with Crippen molar-refractivity contribution in [3.05, 3.63) is 45.4 Å². The van der Waals surface area contributed by atoms with Gasteiger partial charge < -0.3 is 10.1 Å². The molecule has 19 heavy (non-hydrogen) atoms. The summed E-state index contributed by atoms with van der Waals surface area (Å²) in [5, 5.41) is 10.9. The van der Waals surface area contributed by atoms with E-state index >= 15 is 0 Å². The lowest BCUT2D eigenvalue weighted by Gasteiger charge is -2.00. The summed E-state index contributed by atoms with van der Waals surface area (Å²) >= 11 is 18.0. The second kappa shape index (κ2) is 4.60. The van der Waals surface area contributed by atoms with Crippen LogP contribution in [0.1, 0.15) is 0 Å². The second-order valence-electron chi connectivity index (χ2n) is 4.03. The largest absolute Gasteiger partial charge is 0.508 e. The maximum Gasteiger partial charge on any atom is 0.140 e. The number of H-pyrrole nitrogens is 1. The van der Waals surface area contributed by atoms with Crippen LogP contribution in [0.25, 0.3) is 22.4 Å². The average molecular weight is 314 g/mol. The quantitative estimate of drug-likeness (QED) is 0.671. The van der Waals surface area contributed by atoms with Gasteiger partial charge >= 0.3 is 0 Å². The number of aromatic nitrogens is 2. The Hall–Kier alpha value is -1.42. The fraction of sp³-hybridized carbons (Fsp3) is 0. The number of phenols is 1.